The molecule has 0 saturated carbocycles. The van der Waals surface area contributed by atoms with Crippen molar-refractivity contribution in [2.24, 2.45) is 0 Å². The molecule has 0 radical (unpaired) electrons. The normalized spacial score (nSPS) is 11.6. The van der Waals surface area contributed by atoms with Crippen molar-refractivity contribution in [3.05, 3.63) is 58.9 Å². The van der Waals surface area contributed by atoms with E-state index < -0.39 is 10.0 Å². The average Bonchev–Trinajstić information content (AvgIpc) is 3.17. The van der Waals surface area contributed by atoms with Crippen molar-refractivity contribution in [3.63, 3.8) is 0 Å². The van der Waals surface area contributed by atoms with E-state index in [9.17, 15) is 13.2 Å². The van der Waals surface area contributed by atoms with Crippen LogP contribution in [0.4, 0.5) is 5.69 Å². The van der Waals surface area contributed by atoms with Crippen molar-refractivity contribution in [2.45, 2.75) is 24.7 Å². The predicted octanol–water partition coefficient (Wildman–Crippen LogP) is 3.52. The largest absolute Gasteiger partial charge is 0.339 e. The summed E-state index contributed by atoms with van der Waals surface area (Å²) < 4.78 is 30.9. The smallest absolute Gasteiger partial charge is 0.242 e. The first-order valence-corrected chi connectivity index (χ1v) is 10.9. The number of amides is 1. The highest BCUT2D eigenvalue weighted by Gasteiger charge is 2.19. The molecular weight excluding hydrogens is 428 g/mol. The number of carbonyl (C=O) groups is 1. The minimum absolute atomic E-state index is 0.104. The van der Waals surface area contributed by atoms with E-state index in [1.807, 2.05) is 0 Å². The molecule has 0 atom stereocenters. The molecule has 0 saturated heterocycles. The number of benzene rings is 2. The van der Waals surface area contributed by atoms with Gasteiger partial charge in [0.05, 0.1) is 4.90 Å². The van der Waals surface area contributed by atoms with Gasteiger partial charge >= 0.3 is 0 Å². The van der Waals surface area contributed by atoms with Crippen molar-refractivity contribution >= 4 is 33.2 Å². The lowest BCUT2D eigenvalue weighted by Crippen LogP contribution is -2.22. The fraction of sp³-hybridized carbons (Fsp3) is 0.250. The van der Waals surface area contributed by atoms with Crippen LogP contribution in [0.25, 0.3) is 11.4 Å². The SMILES string of the molecule is Cc1ccc(S(=O)(=O)N(C)C)cc1NC(=O)CCc1nc(-c2ccc(Cl)cc2)no1. The Labute approximate surface area is 179 Å². The van der Waals surface area contributed by atoms with E-state index >= 15 is 0 Å². The number of halogens is 1. The van der Waals surface area contributed by atoms with Gasteiger partial charge in [-0.05, 0) is 48.9 Å². The van der Waals surface area contributed by atoms with E-state index in [0.29, 0.717) is 22.4 Å². The Hall–Kier alpha value is -2.75. The molecule has 0 fully saturated rings. The van der Waals surface area contributed by atoms with Crippen LogP contribution in [0.3, 0.4) is 0 Å². The molecular formula is C20H21ClN4O4S. The van der Waals surface area contributed by atoms with Gasteiger partial charge in [-0.3, -0.25) is 4.79 Å². The standard InChI is InChI=1S/C20H21ClN4O4S/c1-13-4-9-16(30(27,28)25(2)3)12-17(13)22-18(26)10-11-19-23-20(24-29-19)14-5-7-15(21)8-6-14/h4-9,12H,10-11H2,1-3H3,(H,22,26). The molecule has 0 spiro atoms. The number of nitrogens with zero attached hydrogens (tertiary/aromatic N) is 3. The van der Waals surface area contributed by atoms with Crippen molar-refractivity contribution < 1.29 is 17.7 Å². The molecule has 1 N–H and O–H groups in total. The molecule has 0 unspecified atom stereocenters. The lowest BCUT2D eigenvalue weighted by molar-refractivity contribution is -0.116. The van der Waals surface area contributed by atoms with Crippen LogP contribution in [0.15, 0.2) is 51.9 Å². The number of hydrogen-bond donors (Lipinski definition) is 1. The number of carbonyl (C=O) groups excluding carboxylic acids is 1. The van der Waals surface area contributed by atoms with Crippen molar-refractivity contribution in [3.8, 4) is 11.4 Å². The van der Waals surface area contributed by atoms with Gasteiger partial charge in [-0.25, -0.2) is 12.7 Å². The summed E-state index contributed by atoms with van der Waals surface area (Å²) in [5, 5.41) is 7.27. The van der Waals surface area contributed by atoms with Crippen LogP contribution < -0.4 is 5.32 Å². The molecule has 0 aliphatic carbocycles. The first-order chi connectivity index (χ1) is 14.2. The number of rotatable bonds is 7. The van der Waals surface area contributed by atoms with Gasteiger partial charge in [0.1, 0.15) is 0 Å². The van der Waals surface area contributed by atoms with Crippen molar-refractivity contribution in [1.29, 1.82) is 0 Å². The van der Waals surface area contributed by atoms with Crippen LogP contribution in [-0.2, 0) is 21.2 Å². The second kappa shape index (κ2) is 8.95. The Balaban J connectivity index is 1.65. The molecule has 3 rings (SSSR count). The molecule has 1 amide bonds. The van der Waals surface area contributed by atoms with Gasteiger partial charge in [0.2, 0.25) is 27.6 Å². The van der Waals surface area contributed by atoms with Crippen LogP contribution in [0.1, 0.15) is 17.9 Å². The summed E-state index contributed by atoms with van der Waals surface area (Å²) in [6, 6.07) is 11.6. The highest BCUT2D eigenvalue weighted by Crippen LogP contribution is 2.23. The summed E-state index contributed by atoms with van der Waals surface area (Å²) in [4.78, 5) is 16.8. The minimum atomic E-state index is -3.59. The van der Waals surface area contributed by atoms with E-state index in [4.69, 9.17) is 16.1 Å². The Morgan fingerprint density at radius 2 is 1.87 bits per heavy atom. The first kappa shape index (κ1) is 21.9. The summed E-state index contributed by atoms with van der Waals surface area (Å²) in [6.07, 6.45) is 0.355. The number of nitrogens with one attached hydrogen (secondary N) is 1. The Morgan fingerprint density at radius 3 is 2.53 bits per heavy atom. The maximum absolute atomic E-state index is 12.4. The topological polar surface area (TPSA) is 105 Å². The Morgan fingerprint density at radius 1 is 1.17 bits per heavy atom. The maximum atomic E-state index is 12.4. The van der Waals surface area contributed by atoms with Gasteiger partial charge in [0.25, 0.3) is 0 Å². The fourth-order valence-electron chi connectivity index (χ4n) is 2.61. The van der Waals surface area contributed by atoms with Crippen molar-refractivity contribution in [1.82, 2.24) is 14.4 Å². The molecule has 1 aromatic heterocycles. The van der Waals surface area contributed by atoms with E-state index in [2.05, 4.69) is 15.5 Å². The molecule has 0 aliphatic heterocycles. The molecule has 1 heterocycles. The molecule has 30 heavy (non-hydrogen) atoms. The van der Waals surface area contributed by atoms with Gasteiger partial charge in [0.15, 0.2) is 0 Å². The van der Waals surface area contributed by atoms with Gasteiger partial charge in [-0.1, -0.05) is 22.8 Å². The quantitative estimate of drug-likeness (QED) is 0.592. The zero-order valence-electron chi connectivity index (χ0n) is 16.7. The number of aryl methyl sites for hydroxylation is 2. The number of anilines is 1. The van der Waals surface area contributed by atoms with Gasteiger partial charge < -0.3 is 9.84 Å². The molecule has 0 bridgehead atoms. The number of aromatic nitrogens is 2. The van der Waals surface area contributed by atoms with E-state index in [-0.39, 0.29) is 23.6 Å². The zero-order chi connectivity index (χ0) is 21.9. The second-order valence-electron chi connectivity index (χ2n) is 6.83. The summed E-state index contributed by atoms with van der Waals surface area (Å²) in [7, 11) is -0.684. The molecule has 3 aromatic rings. The zero-order valence-corrected chi connectivity index (χ0v) is 18.3. The third-order valence-electron chi connectivity index (χ3n) is 4.40. The Kier molecular flexibility index (Phi) is 6.55. The van der Waals surface area contributed by atoms with Crippen molar-refractivity contribution in [2.75, 3.05) is 19.4 Å². The van der Waals surface area contributed by atoms with Gasteiger partial charge in [-0.2, -0.15) is 4.98 Å². The summed E-state index contributed by atoms with van der Waals surface area (Å²) in [5.41, 5.74) is 1.95. The third-order valence-corrected chi connectivity index (χ3v) is 6.46. The third kappa shape index (κ3) is 5.05. The minimum Gasteiger partial charge on any atom is -0.339 e. The van der Waals surface area contributed by atoms with Crippen LogP contribution in [0.2, 0.25) is 5.02 Å². The second-order valence-corrected chi connectivity index (χ2v) is 9.42. The van der Waals surface area contributed by atoms with Crippen LogP contribution >= 0.6 is 11.6 Å². The summed E-state index contributed by atoms with van der Waals surface area (Å²) in [6.45, 7) is 1.79. The van der Waals surface area contributed by atoms with Crippen LogP contribution in [-0.4, -0.2) is 42.9 Å². The highest BCUT2D eigenvalue weighted by atomic mass is 35.5. The monoisotopic (exact) mass is 448 g/mol. The van der Waals surface area contributed by atoms with Gasteiger partial charge in [0, 0.05) is 43.2 Å². The summed E-state index contributed by atoms with van der Waals surface area (Å²) >= 11 is 5.87. The van der Waals surface area contributed by atoms with E-state index in [1.165, 1.54) is 26.2 Å². The average molecular weight is 449 g/mol. The number of sulfonamides is 1. The van der Waals surface area contributed by atoms with Crippen LogP contribution in [0.5, 0.6) is 0 Å². The number of hydrogen-bond acceptors (Lipinski definition) is 6. The first-order valence-electron chi connectivity index (χ1n) is 9.08. The van der Waals surface area contributed by atoms with Gasteiger partial charge in [-0.15, -0.1) is 0 Å². The van der Waals surface area contributed by atoms with E-state index in [0.717, 1.165) is 15.4 Å². The maximum Gasteiger partial charge on any atom is 0.242 e. The molecule has 0 aliphatic rings. The Bertz CT molecular complexity index is 1160. The molecule has 8 nitrogen and oxygen atoms in total. The lowest BCUT2D eigenvalue weighted by Gasteiger charge is -2.14. The predicted molar refractivity (Wildman–Crippen MR) is 114 cm³/mol. The highest BCUT2D eigenvalue weighted by molar-refractivity contribution is 7.89. The fourth-order valence-corrected chi connectivity index (χ4v) is 3.67. The molecule has 2 aromatic carbocycles. The summed E-state index contributed by atoms with van der Waals surface area (Å²) in [5.74, 6) is 0.457. The lowest BCUT2D eigenvalue weighted by atomic mass is 10.2. The molecule has 158 valence electrons. The van der Waals surface area contributed by atoms with Crippen LogP contribution in [0, 0.1) is 6.92 Å². The molecule has 10 heteroatoms. The van der Waals surface area contributed by atoms with E-state index in [1.54, 1.807) is 37.3 Å².